The molecule has 0 atom stereocenters. The minimum atomic E-state index is -0.0543. The van der Waals surface area contributed by atoms with Crippen LogP contribution in [0.3, 0.4) is 0 Å². The van der Waals surface area contributed by atoms with E-state index in [2.05, 4.69) is 20.4 Å². The van der Waals surface area contributed by atoms with Gasteiger partial charge < -0.3 is 20.4 Å². The number of nitrogens with zero attached hydrogens (tertiary/aromatic N) is 2. The molecular formula is C25H40N4O2. The van der Waals surface area contributed by atoms with E-state index >= 15 is 0 Å². The largest absolute Gasteiger partial charge is 0.371 e. The van der Waals surface area contributed by atoms with Gasteiger partial charge in [-0.3, -0.25) is 9.59 Å². The molecule has 0 bridgehead atoms. The summed E-state index contributed by atoms with van der Waals surface area (Å²) in [7, 11) is 4.07. The van der Waals surface area contributed by atoms with Crippen molar-refractivity contribution in [2.75, 3.05) is 50.5 Å². The molecular weight excluding hydrogens is 388 g/mol. The number of carbonyl (C=O) groups excluding carboxylic acids is 2. The monoisotopic (exact) mass is 428 g/mol. The molecule has 0 aromatic heterocycles. The summed E-state index contributed by atoms with van der Waals surface area (Å²) in [5.74, 6) is 0.701. The molecule has 31 heavy (non-hydrogen) atoms. The van der Waals surface area contributed by atoms with E-state index < -0.39 is 0 Å². The van der Waals surface area contributed by atoms with E-state index in [0.717, 1.165) is 56.7 Å². The lowest BCUT2D eigenvalue weighted by Crippen LogP contribution is -2.33. The maximum absolute atomic E-state index is 13.0. The molecule has 1 saturated carbocycles. The Balaban J connectivity index is 1.65. The molecule has 0 unspecified atom stereocenters. The van der Waals surface area contributed by atoms with Crippen LogP contribution in [0, 0.1) is 5.92 Å². The van der Waals surface area contributed by atoms with Crippen molar-refractivity contribution in [3.05, 3.63) is 23.8 Å². The Kier molecular flexibility index (Phi) is 9.19. The SMILES string of the molecule is CN(C)CCCNC(=O)c1cc(NC(=O)CCC2CCCC2)ccc1N1CCCCC1. The van der Waals surface area contributed by atoms with Gasteiger partial charge in [0.05, 0.1) is 5.56 Å². The summed E-state index contributed by atoms with van der Waals surface area (Å²) in [6, 6.07) is 5.81. The van der Waals surface area contributed by atoms with Gasteiger partial charge in [-0.2, -0.15) is 0 Å². The van der Waals surface area contributed by atoms with Crippen LogP contribution < -0.4 is 15.5 Å². The van der Waals surface area contributed by atoms with Crippen LogP contribution in [0.5, 0.6) is 0 Å². The van der Waals surface area contributed by atoms with Crippen LogP contribution >= 0.6 is 0 Å². The fourth-order valence-corrected chi connectivity index (χ4v) is 4.76. The maximum Gasteiger partial charge on any atom is 0.253 e. The van der Waals surface area contributed by atoms with Crippen LogP contribution in [0.15, 0.2) is 18.2 Å². The van der Waals surface area contributed by atoms with Crippen molar-refractivity contribution in [1.82, 2.24) is 10.2 Å². The second kappa shape index (κ2) is 12.1. The number of anilines is 2. The lowest BCUT2D eigenvalue weighted by molar-refractivity contribution is -0.116. The Morgan fingerprint density at radius 2 is 1.81 bits per heavy atom. The number of carbonyl (C=O) groups is 2. The topological polar surface area (TPSA) is 64.7 Å². The second-order valence-corrected chi connectivity index (χ2v) is 9.43. The number of hydrogen-bond acceptors (Lipinski definition) is 4. The quantitative estimate of drug-likeness (QED) is 0.546. The number of hydrogen-bond donors (Lipinski definition) is 2. The first kappa shape index (κ1) is 23.6. The predicted octanol–water partition coefficient (Wildman–Crippen LogP) is 4.27. The van der Waals surface area contributed by atoms with Gasteiger partial charge in [-0.15, -0.1) is 0 Å². The van der Waals surface area contributed by atoms with E-state index in [1.165, 1.54) is 32.1 Å². The van der Waals surface area contributed by atoms with Crippen molar-refractivity contribution in [3.63, 3.8) is 0 Å². The summed E-state index contributed by atoms with van der Waals surface area (Å²) in [5.41, 5.74) is 2.37. The van der Waals surface area contributed by atoms with Crippen LogP contribution in [-0.4, -0.2) is 57.0 Å². The average molecular weight is 429 g/mol. The van der Waals surface area contributed by atoms with Crippen LogP contribution in [0.4, 0.5) is 11.4 Å². The van der Waals surface area contributed by atoms with Gasteiger partial charge in [0.2, 0.25) is 5.91 Å². The molecule has 1 aromatic carbocycles. The van der Waals surface area contributed by atoms with Crippen LogP contribution in [0.1, 0.15) is 74.6 Å². The minimum Gasteiger partial charge on any atom is -0.371 e. The van der Waals surface area contributed by atoms with E-state index in [4.69, 9.17) is 0 Å². The van der Waals surface area contributed by atoms with Crippen molar-refractivity contribution >= 4 is 23.2 Å². The van der Waals surface area contributed by atoms with E-state index in [1.807, 2.05) is 32.3 Å². The Bertz CT molecular complexity index is 722. The Labute approximate surface area is 187 Å². The molecule has 1 aliphatic heterocycles. The number of amides is 2. The summed E-state index contributed by atoms with van der Waals surface area (Å²) in [6.07, 6.45) is 11.1. The lowest BCUT2D eigenvalue weighted by atomic mass is 10.0. The zero-order valence-electron chi connectivity index (χ0n) is 19.4. The number of piperidine rings is 1. The molecule has 1 saturated heterocycles. The summed E-state index contributed by atoms with van der Waals surface area (Å²) in [4.78, 5) is 29.9. The van der Waals surface area contributed by atoms with Gasteiger partial charge in [-0.05, 0) is 76.9 Å². The number of benzene rings is 1. The molecule has 172 valence electrons. The van der Waals surface area contributed by atoms with Gasteiger partial charge in [0, 0.05) is 37.4 Å². The predicted molar refractivity (Wildman–Crippen MR) is 128 cm³/mol. The van der Waals surface area contributed by atoms with Crippen LogP contribution in [0.25, 0.3) is 0 Å². The highest BCUT2D eigenvalue weighted by atomic mass is 16.2. The highest BCUT2D eigenvalue weighted by molar-refractivity contribution is 6.02. The summed E-state index contributed by atoms with van der Waals surface area (Å²) in [6.45, 7) is 3.55. The molecule has 6 heteroatoms. The van der Waals surface area contributed by atoms with Crippen molar-refractivity contribution < 1.29 is 9.59 Å². The summed E-state index contributed by atoms with van der Waals surface area (Å²) >= 11 is 0. The average Bonchev–Trinajstić information content (AvgIpc) is 3.29. The Morgan fingerprint density at radius 1 is 1.06 bits per heavy atom. The minimum absolute atomic E-state index is 0.0509. The first-order chi connectivity index (χ1) is 15.0. The third-order valence-corrected chi connectivity index (χ3v) is 6.54. The molecule has 3 rings (SSSR count). The normalized spacial score (nSPS) is 17.2. The maximum atomic E-state index is 13.0. The van der Waals surface area contributed by atoms with Gasteiger partial charge in [-0.1, -0.05) is 25.7 Å². The molecule has 2 amide bonds. The standard InChI is InChI=1S/C25H40N4O2/c1-28(2)16-8-15-26-25(31)22-19-21(12-13-23(22)29-17-6-3-7-18-29)27-24(30)14-11-20-9-4-5-10-20/h12-13,19-20H,3-11,14-18H2,1-2H3,(H,26,31)(H,27,30). The molecule has 2 fully saturated rings. The van der Waals surface area contributed by atoms with Crippen LogP contribution in [-0.2, 0) is 4.79 Å². The molecule has 1 aromatic rings. The third-order valence-electron chi connectivity index (χ3n) is 6.54. The lowest BCUT2D eigenvalue weighted by Gasteiger charge is -2.30. The van der Waals surface area contributed by atoms with Crippen LogP contribution in [0.2, 0.25) is 0 Å². The fourth-order valence-electron chi connectivity index (χ4n) is 4.76. The Morgan fingerprint density at radius 3 is 2.52 bits per heavy atom. The van der Waals surface area contributed by atoms with Gasteiger partial charge >= 0.3 is 0 Å². The molecule has 2 N–H and O–H groups in total. The van der Waals surface area contributed by atoms with Gasteiger partial charge in [0.15, 0.2) is 0 Å². The highest BCUT2D eigenvalue weighted by Gasteiger charge is 2.20. The van der Waals surface area contributed by atoms with Crippen molar-refractivity contribution in [3.8, 4) is 0 Å². The first-order valence-corrected chi connectivity index (χ1v) is 12.1. The third kappa shape index (κ3) is 7.53. The summed E-state index contributed by atoms with van der Waals surface area (Å²) in [5, 5.41) is 6.10. The number of rotatable bonds is 10. The second-order valence-electron chi connectivity index (χ2n) is 9.43. The van der Waals surface area contributed by atoms with Crippen molar-refractivity contribution in [2.24, 2.45) is 5.92 Å². The van der Waals surface area contributed by atoms with E-state index in [-0.39, 0.29) is 11.8 Å². The molecule has 0 spiro atoms. The van der Waals surface area contributed by atoms with Crippen molar-refractivity contribution in [2.45, 2.75) is 64.2 Å². The van der Waals surface area contributed by atoms with Gasteiger partial charge in [-0.25, -0.2) is 0 Å². The molecule has 0 radical (unpaired) electrons. The summed E-state index contributed by atoms with van der Waals surface area (Å²) < 4.78 is 0. The van der Waals surface area contributed by atoms with Crippen molar-refractivity contribution in [1.29, 1.82) is 0 Å². The van der Waals surface area contributed by atoms with Gasteiger partial charge in [0.1, 0.15) is 0 Å². The van der Waals surface area contributed by atoms with E-state index in [0.29, 0.717) is 24.4 Å². The molecule has 6 nitrogen and oxygen atoms in total. The zero-order chi connectivity index (χ0) is 22.1. The Hall–Kier alpha value is -2.08. The zero-order valence-corrected chi connectivity index (χ0v) is 19.4. The number of nitrogens with one attached hydrogen (secondary N) is 2. The first-order valence-electron chi connectivity index (χ1n) is 12.1. The molecule has 2 aliphatic rings. The molecule has 1 heterocycles. The fraction of sp³-hybridized carbons (Fsp3) is 0.680. The smallest absolute Gasteiger partial charge is 0.253 e. The van der Waals surface area contributed by atoms with E-state index in [9.17, 15) is 9.59 Å². The van der Waals surface area contributed by atoms with E-state index in [1.54, 1.807) is 0 Å². The molecule has 1 aliphatic carbocycles. The van der Waals surface area contributed by atoms with Gasteiger partial charge in [0.25, 0.3) is 5.91 Å². The highest BCUT2D eigenvalue weighted by Crippen LogP contribution is 2.30.